The van der Waals surface area contributed by atoms with E-state index >= 15 is 0 Å². The largest absolute Gasteiger partial charge is 0.496 e. The topological polar surface area (TPSA) is 93.1 Å². The number of halogens is 2. The van der Waals surface area contributed by atoms with Gasteiger partial charge in [-0.05, 0) is 84.3 Å². The number of ether oxygens (including phenoxy) is 4. The van der Waals surface area contributed by atoms with Crippen molar-refractivity contribution in [2.75, 3.05) is 7.11 Å². The fourth-order valence-electron chi connectivity index (χ4n) is 6.66. The first-order valence-electron chi connectivity index (χ1n) is 16.5. The molecule has 0 unspecified atom stereocenters. The standard InChI is InChI=1S/C42H33F2NO7/c1-42(2)41(51-35(47)20-14-25-11-17-29(44)18-12-25)40(50-34(46)19-13-24-9-15-28(43)16-10-24)37-33(52-42)23-32(49-4)36-38(37)45(3)31-22-27-8-6-5-7-26(27)21-30(31)39(36)48/h5-23,40-41H,1-4H3/t40-,41-/m0/s1. The zero-order valence-electron chi connectivity index (χ0n) is 28.7. The van der Waals surface area contributed by atoms with Gasteiger partial charge in [-0.1, -0.05) is 48.5 Å². The molecule has 0 N–H and O–H groups in total. The minimum Gasteiger partial charge on any atom is -0.496 e. The molecule has 2 heterocycles. The average molecular weight is 702 g/mol. The van der Waals surface area contributed by atoms with Crippen molar-refractivity contribution >= 4 is 56.7 Å². The number of aryl methyl sites for hydroxylation is 1. The molecule has 1 aliphatic rings. The van der Waals surface area contributed by atoms with Gasteiger partial charge in [-0.3, -0.25) is 4.79 Å². The van der Waals surface area contributed by atoms with Crippen molar-refractivity contribution in [2.45, 2.75) is 31.7 Å². The normalized spacial score (nSPS) is 16.7. The highest BCUT2D eigenvalue weighted by atomic mass is 19.1. The fourth-order valence-corrected chi connectivity index (χ4v) is 6.66. The number of aromatic nitrogens is 1. The minimum atomic E-state index is -1.29. The first-order chi connectivity index (χ1) is 24.9. The van der Waals surface area contributed by atoms with Crippen molar-refractivity contribution in [3.05, 3.63) is 142 Å². The predicted molar refractivity (Wildman–Crippen MR) is 195 cm³/mol. The molecule has 0 radical (unpaired) electrons. The summed E-state index contributed by atoms with van der Waals surface area (Å²) < 4.78 is 53.3. The Hall–Kier alpha value is -6.29. The molecule has 1 aliphatic heterocycles. The monoisotopic (exact) mass is 701 g/mol. The molecule has 5 aromatic carbocycles. The summed E-state index contributed by atoms with van der Waals surface area (Å²) in [6, 6.07) is 24.1. The Morgan fingerprint density at radius 2 is 1.37 bits per heavy atom. The van der Waals surface area contributed by atoms with E-state index in [2.05, 4.69) is 0 Å². The summed E-state index contributed by atoms with van der Waals surface area (Å²) in [7, 11) is 3.24. The third-order valence-electron chi connectivity index (χ3n) is 9.19. The van der Waals surface area contributed by atoms with Crippen molar-refractivity contribution in [1.29, 1.82) is 0 Å². The maximum atomic E-state index is 14.4. The van der Waals surface area contributed by atoms with E-state index in [9.17, 15) is 23.2 Å². The van der Waals surface area contributed by atoms with Crippen LogP contribution in [0.25, 0.3) is 44.7 Å². The van der Waals surface area contributed by atoms with Crippen LogP contribution >= 0.6 is 0 Å². The molecule has 0 saturated carbocycles. The second kappa shape index (κ2) is 13.4. The second-order valence-electron chi connectivity index (χ2n) is 13.0. The summed E-state index contributed by atoms with van der Waals surface area (Å²) in [5.74, 6) is -1.90. The zero-order chi connectivity index (χ0) is 36.7. The molecule has 2 atom stereocenters. The number of benzene rings is 5. The molecule has 0 aliphatic carbocycles. The van der Waals surface area contributed by atoms with Gasteiger partial charge in [0.25, 0.3) is 0 Å². The lowest BCUT2D eigenvalue weighted by molar-refractivity contribution is -0.184. The van der Waals surface area contributed by atoms with Crippen LogP contribution in [0.4, 0.5) is 8.78 Å². The lowest BCUT2D eigenvalue weighted by atomic mass is 9.86. The molecule has 0 fully saturated rings. The van der Waals surface area contributed by atoms with Gasteiger partial charge < -0.3 is 23.5 Å². The number of methoxy groups -OCH3 is 1. The molecular weight excluding hydrogens is 668 g/mol. The number of hydrogen-bond acceptors (Lipinski definition) is 7. The van der Waals surface area contributed by atoms with Crippen LogP contribution < -0.4 is 14.9 Å². The number of carbonyl (C=O) groups is 2. The van der Waals surface area contributed by atoms with Crippen molar-refractivity contribution in [3.8, 4) is 11.5 Å². The molecule has 0 spiro atoms. The van der Waals surface area contributed by atoms with Gasteiger partial charge in [0.05, 0.1) is 29.1 Å². The smallest absolute Gasteiger partial charge is 0.331 e. The number of fused-ring (bicyclic) bond motifs is 5. The summed E-state index contributed by atoms with van der Waals surface area (Å²) in [6.07, 6.45) is 2.80. The number of hydrogen-bond donors (Lipinski definition) is 0. The summed E-state index contributed by atoms with van der Waals surface area (Å²) in [6.45, 7) is 3.38. The first kappa shape index (κ1) is 34.2. The summed E-state index contributed by atoms with van der Waals surface area (Å²) in [5, 5.41) is 2.47. The zero-order valence-corrected chi connectivity index (χ0v) is 28.7. The van der Waals surface area contributed by atoms with Crippen molar-refractivity contribution in [1.82, 2.24) is 4.57 Å². The number of pyridine rings is 1. The van der Waals surface area contributed by atoms with Gasteiger partial charge in [-0.25, -0.2) is 18.4 Å². The van der Waals surface area contributed by atoms with Crippen molar-refractivity contribution in [3.63, 3.8) is 0 Å². The van der Waals surface area contributed by atoms with E-state index in [0.29, 0.717) is 33.1 Å². The number of rotatable bonds is 7. The molecule has 0 saturated heterocycles. The van der Waals surface area contributed by atoms with Gasteiger partial charge >= 0.3 is 11.9 Å². The highest BCUT2D eigenvalue weighted by molar-refractivity contribution is 6.04. The van der Waals surface area contributed by atoms with E-state index in [4.69, 9.17) is 18.9 Å². The molecule has 8 nitrogen and oxygen atoms in total. The van der Waals surface area contributed by atoms with Crippen LogP contribution in [0.1, 0.15) is 36.6 Å². The van der Waals surface area contributed by atoms with Gasteiger partial charge in [0, 0.05) is 30.7 Å². The maximum absolute atomic E-state index is 14.4. The molecule has 7 rings (SSSR count). The van der Waals surface area contributed by atoms with Gasteiger partial charge in [0.15, 0.2) is 12.2 Å². The highest BCUT2D eigenvalue weighted by Crippen LogP contribution is 2.49. The predicted octanol–water partition coefficient (Wildman–Crippen LogP) is 8.23. The molecule has 52 heavy (non-hydrogen) atoms. The van der Waals surface area contributed by atoms with Crippen LogP contribution in [-0.4, -0.2) is 35.3 Å². The Morgan fingerprint density at radius 1 is 0.808 bits per heavy atom. The Kier molecular flexibility index (Phi) is 8.84. The van der Waals surface area contributed by atoms with Crippen LogP contribution in [-0.2, 0) is 26.1 Å². The maximum Gasteiger partial charge on any atom is 0.331 e. The van der Waals surface area contributed by atoms with E-state index in [0.717, 1.165) is 10.8 Å². The first-order valence-corrected chi connectivity index (χ1v) is 16.5. The van der Waals surface area contributed by atoms with E-state index in [1.165, 1.54) is 79.9 Å². The van der Waals surface area contributed by atoms with Gasteiger partial charge in [0.1, 0.15) is 28.7 Å². The lowest BCUT2D eigenvalue weighted by Crippen LogP contribution is -2.52. The molecule has 0 bridgehead atoms. The Balaban J connectivity index is 1.41. The lowest BCUT2D eigenvalue weighted by Gasteiger charge is -2.43. The summed E-state index contributed by atoms with van der Waals surface area (Å²) in [5.41, 5.74) is 0.793. The minimum absolute atomic E-state index is 0.221. The Labute approximate surface area is 297 Å². The van der Waals surface area contributed by atoms with Gasteiger partial charge in [-0.2, -0.15) is 0 Å². The van der Waals surface area contributed by atoms with Crippen molar-refractivity contribution in [2.24, 2.45) is 7.05 Å². The third-order valence-corrected chi connectivity index (χ3v) is 9.19. The van der Waals surface area contributed by atoms with E-state index in [1.807, 2.05) is 41.0 Å². The summed E-state index contributed by atoms with van der Waals surface area (Å²) >= 11 is 0. The van der Waals surface area contributed by atoms with Crippen LogP contribution in [0.5, 0.6) is 11.5 Å². The van der Waals surface area contributed by atoms with E-state index in [-0.39, 0.29) is 22.3 Å². The second-order valence-corrected chi connectivity index (χ2v) is 13.0. The number of nitrogens with zero attached hydrogens (tertiary/aromatic N) is 1. The summed E-state index contributed by atoms with van der Waals surface area (Å²) in [4.78, 5) is 41.4. The van der Waals surface area contributed by atoms with Crippen LogP contribution in [0, 0.1) is 11.6 Å². The Morgan fingerprint density at radius 3 is 1.94 bits per heavy atom. The van der Waals surface area contributed by atoms with Crippen LogP contribution in [0.15, 0.2) is 108 Å². The molecule has 0 amide bonds. The van der Waals surface area contributed by atoms with Crippen LogP contribution in [0.2, 0.25) is 0 Å². The van der Waals surface area contributed by atoms with E-state index in [1.54, 1.807) is 27.0 Å². The fraction of sp³-hybridized carbons (Fsp3) is 0.167. The van der Waals surface area contributed by atoms with Gasteiger partial charge in [0.2, 0.25) is 5.43 Å². The third kappa shape index (κ3) is 6.39. The molecule has 262 valence electrons. The number of carbonyl (C=O) groups excluding carboxylic acids is 2. The average Bonchev–Trinajstić information content (AvgIpc) is 3.13. The molecular formula is C42H33F2NO7. The molecule has 1 aromatic heterocycles. The highest BCUT2D eigenvalue weighted by Gasteiger charge is 2.50. The van der Waals surface area contributed by atoms with E-state index < -0.39 is 41.4 Å². The van der Waals surface area contributed by atoms with Crippen LogP contribution in [0.3, 0.4) is 0 Å². The molecule has 10 heteroatoms. The number of esters is 2. The molecule has 6 aromatic rings. The Bertz CT molecular complexity index is 2500. The van der Waals surface area contributed by atoms with Gasteiger partial charge in [-0.15, -0.1) is 0 Å². The SMILES string of the molecule is COc1cc2c(c3c1c(=O)c1cc4ccccc4cc1n3C)[C@H](OC(=O)C=Cc1ccc(F)cc1)[C@H](OC(=O)C=Cc1ccc(F)cc1)C(C)(C)O2. The quantitative estimate of drug-likeness (QED) is 0.0941. The van der Waals surface area contributed by atoms with Crippen molar-refractivity contribution < 1.29 is 37.3 Å².